The molecule has 10 nitrogen and oxygen atoms in total. The average molecular weight is 574 g/mol. The zero-order valence-electron chi connectivity index (χ0n) is 20.5. The molecule has 0 spiro atoms. The maximum Gasteiger partial charge on any atom is 0.275 e. The number of phenolic OH excluding ortho intramolecular Hbond substituents is 1. The number of azo groups is 1. The lowest BCUT2D eigenvalue weighted by atomic mass is 10.1. The van der Waals surface area contributed by atoms with Crippen molar-refractivity contribution in [3.63, 3.8) is 0 Å². The van der Waals surface area contributed by atoms with Crippen molar-refractivity contribution >= 4 is 39.0 Å². The van der Waals surface area contributed by atoms with E-state index in [2.05, 4.69) is 48.8 Å². The van der Waals surface area contributed by atoms with Gasteiger partial charge in [-0.3, -0.25) is 4.79 Å². The summed E-state index contributed by atoms with van der Waals surface area (Å²) in [7, 11) is 1.49. The van der Waals surface area contributed by atoms with Crippen LogP contribution in [0.15, 0.2) is 86.5 Å². The molecule has 0 fully saturated rings. The monoisotopic (exact) mass is 573 g/mol. The first-order valence-corrected chi connectivity index (χ1v) is 12.3. The predicted molar refractivity (Wildman–Crippen MR) is 146 cm³/mol. The largest absolute Gasteiger partial charge is 0.507 e. The number of ether oxygens (including phenoxy) is 1. The number of amidine groups is 1. The number of carbonyl (C=O) groups excluding carboxylic acids is 1. The number of nitriles is 2. The number of hydrazone groups is 1. The highest BCUT2D eigenvalue weighted by Gasteiger charge is 2.17. The number of hydrogen-bond acceptors (Lipinski definition) is 8. The Morgan fingerprint density at radius 2 is 1.74 bits per heavy atom. The molecule has 0 heterocycles. The molecular weight excluding hydrogens is 550 g/mol. The number of amides is 1. The van der Waals surface area contributed by atoms with Crippen molar-refractivity contribution in [3.8, 4) is 23.6 Å². The molecule has 0 unspecified atom stereocenters. The van der Waals surface area contributed by atoms with Gasteiger partial charge in [-0.15, -0.1) is 15.3 Å². The van der Waals surface area contributed by atoms with Gasteiger partial charge >= 0.3 is 0 Å². The van der Waals surface area contributed by atoms with E-state index in [0.717, 1.165) is 5.69 Å². The summed E-state index contributed by atoms with van der Waals surface area (Å²) in [5, 5.41) is 40.8. The molecular formula is C27H24BrN7O3. The molecule has 0 aliphatic carbocycles. The van der Waals surface area contributed by atoms with Crippen LogP contribution < -0.4 is 15.1 Å². The van der Waals surface area contributed by atoms with Crippen LogP contribution in [-0.2, 0) is 0 Å². The van der Waals surface area contributed by atoms with Gasteiger partial charge in [-0.25, -0.2) is 5.43 Å². The summed E-state index contributed by atoms with van der Waals surface area (Å²) in [5.41, 5.74) is 4.21. The fourth-order valence-electron chi connectivity index (χ4n) is 3.39. The van der Waals surface area contributed by atoms with Gasteiger partial charge in [0.25, 0.3) is 5.91 Å². The fourth-order valence-corrected chi connectivity index (χ4v) is 3.75. The fraction of sp³-hybridized carbons (Fsp3) is 0.185. The number of aromatic hydroxyl groups is 1. The third-order valence-corrected chi connectivity index (χ3v) is 5.75. The minimum atomic E-state index is -0.647. The molecule has 2 N–H and O–H groups in total. The molecule has 0 radical (unpaired) electrons. The first-order chi connectivity index (χ1) is 18.5. The van der Waals surface area contributed by atoms with Crippen molar-refractivity contribution in [3.05, 3.63) is 82.3 Å². The van der Waals surface area contributed by atoms with Crippen molar-refractivity contribution in [1.82, 2.24) is 5.43 Å². The first-order valence-electron chi connectivity index (χ1n) is 11.5. The number of nitrogens with one attached hydrogen (secondary N) is 1. The number of anilines is 1. The van der Waals surface area contributed by atoms with Crippen LogP contribution in [0, 0.1) is 22.7 Å². The van der Waals surface area contributed by atoms with E-state index in [1.54, 1.807) is 36.4 Å². The summed E-state index contributed by atoms with van der Waals surface area (Å²) in [4.78, 5) is 14.7. The van der Waals surface area contributed by atoms with E-state index in [-0.39, 0.29) is 17.1 Å². The zero-order valence-corrected chi connectivity index (χ0v) is 22.1. The van der Waals surface area contributed by atoms with Crippen LogP contribution >= 0.6 is 15.9 Å². The number of rotatable bonds is 10. The van der Waals surface area contributed by atoms with Gasteiger partial charge in [0, 0.05) is 29.3 Å². The van der Waals surface area contributed by atoms with E-state index >= 15 is 0 Å². The van der Waals surface area contributed by atoms with Gasteiger partial charge in [-0.1, -0.05) is 34.1 Å². The normalized spacial score (nSPS) is 11.0. The van der Waals surface area contributed by atoms with Gasteiger partial charge in [-0.05, 0) is 42.5 Å². The molecule has 3 aromatic carbocycles. The molecule has 0 bridgehead atoms. The number of benzene rings is 3. The van der Waals surface area contributed by atoms with Crippen molar-refractivity contribution in [2.75, 3.05) is 25.1 Å². The lowest BCUT2D eigenvalue weighted by Crippen LogP contribution is -2.25. The summed E-state index contributed by atoms with van der Waals surface area (Å²) in [6, 6.07) is 23.0. The summed E-state index contributed by atoms with van der Waals surface area (Å²) < 4.78 is 6.22. The van der Waals surface area contributed by atoms with Crippen LogP contribution in [-0.4, -0.2) is 37.0 Å². The maximum absolute atomic E-state index is 12.8. The van der Waals surface area contributed by atoms with Crippen LogP contribution in [0.1, 0.15) is 28.8 Å². The molecule has 0 saturated heterocycles. The number of carbonyl (C=O) groups is 1. The highest BCUT2D eigenvalue weighted by molar-refractivity contribution is 9.10. The molecule has 0 saturated carbocycles. The zero-order chi connectivity index (χ0) is 27.3. The van der Waals surface area contributed by atoms with Crippen molar-refractivity contribution < 1.29 is 14.6 Å². The number of nitrogens with zero attached hydrogens (tertiary/aromatic N) is 6. The maximum atomic E-state index is 12.8. The Hall–Kier alpha value is -4.74. The van der Waals surface area contributed by atoms with E-state index in [1.807, 2.05) is 23.1 Å². The van der Waals surface area contributed by atoms with E-state index in [0.29, 0.717) is 47.4 Å². The van der Waals surface area contributed by atoms with Gasteiger partial charge in [0.2, 0.25) is 5.84 Å². The lowest BCUT2D eigenvalue weighted by Gasteiger charge is -2.23. The van der Waals surface area contributed by atoms with Crippen LogP contribution in [0.5, 0.6) is 11.5 Å². The Labute approximate surface area is 228 Å². The number of phenols is 1. The second-order valence-corrected chi connectivity index (χ2v) is 8.68. The third-order valence-electron chi connectivity index (χ3n) is 5.26. The summed E-state index contributed by atoms with van der Waals surface area (Å²) >= 11 is 3.28. The van der Waals surface area contributed by atoms with Crippen LogP contribution in [0.25, 0.3) is 0 Å². The van der Waals surface area contributed by atoms with Crippen LogP contribution in [0.4, 0.5) is 11.4 Å². The van der Waals surface area contributed by atoms with Gasteiger partial charge in [-0.2, -0.15) is 10.5 Å². The average Bonchev–Trinajstić information content (AvgIpc) is 2.94. The van der Waals surface area contributed by atoms with Crippen LogP contribution in [0.3, 0.4) is 0 Å². The number of hydrogen-bond donors (Lipinski definition) is 2. The van der Waals surface area contributed by atoms with E-state index in [4.69, 9.17) is 15.3 Å². The molecule has 0 atom stereocenters. The summed E-state index contributed by atoms with van der Waals surface area (Å²) in [5.74, 6) is -0.400. The topological polar surface area (TPSA) is 146 Å². The Bertz CT molecular complexity index is 1390. The Kier molecular flexibility index (Phi) is 10.3. The lowest BCUT2D eigenvalue weighted by molar-refractivity contribution is 0.0952. The van der Waals surface area contributed by atoms with E-state index in [9.17, 15) is 9.90 Å². The van der Waals surface area contributed by atoms with E-state index < -0.39 is 5.91 Å². The van der Waals surface area contributed by atoms with Gasteiger partial charge < -0.3 is 14.7 Å². The predicted octanol–water partition coefficient (Wildman–Crippen LogP) is 5.67. The Balaban J connectivity index is 2.00. The molecule has 192 valence electrons. The van der Waals surface area contributed by atoms with Gasteiger partial charge in [0.05, 0.1) is 48.9 Å². The highest BCUT2D eigenvalue weighted by Crippen LogP contribution is 2.28. The minimum absolute atomic E-state index is 0.0235. The van der Waals surface area contributed by atoms with Crippen LogP contribution in [0.2, 0.25) is 0 Å². The molecule has 3 aromatic rings. The number of methoxy groups -OCH3 is 1. The quantitative estimate of drug-likeness (QED) is 0.138. The second-order valence-electron chi connectivity index (χ2n) is 7.76. The van der Waals surface area contributed by atoms with Gasteiger partial charge in [0.1, 0.15) is 11.5 Å². The number of halogens is 1. The molecule has 1 amide bonds. The third kappa shape index (κ3) is 7.63. The molecule has 38 heavy (non-hydrogen) atoms. The molecule has 11 heteroatoms. The molecule has 3 rings (SSSR count). The summed E-state index contributed by atoms with van der Waals surface area (Å²) in [6.07, 6.45) is 0.587. The Morgan fingerprint density at radius 3 is 2.39 bits per heavy atom. The Morgan fingerprint density at radius 1 is 1.03 bits per heavy atom. The van der Waals surface area contributed by atoms with Gasteiger partial charge in [0.15, 0.2) is 0 Å². The molecule has 0 aliphatic rings. The standard InChI is InChI=1S/C27H24BrN7O3/c1-38-25-18-21(35(15-5-13-29)16-6-14-30)10-11-22(25)26(32-31-20-7-3-2-4-8-20)33-34-27(37)23-17-19(28)9-12-24(23)36/h2-4,7-12,17-18,36H,5-6,15-16H2,1H3,(H,34,37)/b32-31?,33-26-. The van der Waals surface area contributed by atoms with Crippen molar-refractivity contribution in [1.29, 1.82) is 10.5 Å². The minimum Gasteiger partial charge on any atom is -0.507 e. The van der Waals surface area contributed by atoms with Crippen molar-refractivity contribution in [2.45, 2.75) is 12.8 Å². The highest BCUT2D eigenvalue weighted by atomic mass is 79.9. The smallest absolute Gasteiger partial charge is 0.275 e. The first kappa shape index (κ1) is 27.8. The second kappa shape index (κ2) is 14.1. The summed E-state index contributed by atoms with van der Waals surface area (Å²) in [6.45, 7) is 0.892. The van der Waals surface area contributed by atoms with E-state index in [1.165, 1.54) is 19.2 Å². The molecule has 0 aliphatic heterocycles. The van der Waals surface area contributed by atoms with Crippen molar-refractivity contribution in [2.24, 2.45) is 15.3 Å². The molecule has 0 aromatic heterocycles. The SMILES string of the molecule is COc1cc(N(CCC#N)CCC#N)ccc1/C(N=Nc1ccccc1)=N/NC(=O)c1cc(Br)ccc1O.